The van der Waals surface area contributed by atoms with E-state index in [2.05, 4.69) is 10.3 Å². The molecule has 0 amide bonds. The number of aliphatic hydroxyl groups excluding tert-OH is 2. The van der Waals surface area contributed by atoms with E-state index in [1.165, 1.54) is 0 Å². The molecule has 1 aromatic rings. The monoisotopic (exact) mass is 225 g/mol. The summed E-state index contributed by atoms with van der Waals surface area (Å²) in [4.78, 5) is 0. The number of aromatic nitrogens is 3. The van der Waals surface area contributed by atoms with Crippen LogP contribution in [0.3, 0.4) is 0 Å². The molecule has 1 fully saturated rings. The standard InChI is InChI=1S/C11H19N3O2/c15-7-3-4-9-8-14(13-12-9)10-5-1-2-6-11(10)16/h8,10-11,15-16H,1-7H2. The molecule has 2 rings (SSSR count). The third-order valence-corrected chi connectivity index (χ3v) is 3.18. The molecule has 0 aromatic carbocycles. The van der Waals surface area contributed by atoms with E-state index in [9.17, 15) is 5.11 Å². The first kappa shape index (κ1) is 11.5. The summed E-state index contributed by atoms with van der Waals surface area (Å²) < 4.78 is 1.79. The van der Waals surface area contributed by atoms with Crippen LogP contribution in [0.5, 0.6) is 0 Å². The highest BCUT2D eigenvalue weighted by atomic mass is 16.3. The predicted octanol–water partition coefficient (Wildman–Crippen LogP) is 0.679. The Hall–Kier alpha value is -0.940. The van der Waals surface area contributed by atoms with Crippen molar-refractivity contribution in [2.75, 3.05) is 6.61 Å². The first-order valence-corrected chi connectivity index (χ1v) is 6.01. The highest BCUT2D eigenvalue weighted by Crippen LogP contribution is 2.27. The van der Waals surface area contributed by atoms with E-state index in [-0.39, 0.29) is 18.8 Å². The largest absolute Gasteiger partial charge is 0.396 e. The normalized spacial score (nSPS) is 25.9. The van der Waals surface area contributed by atoms with Gasteiger partial charge in [-0.25, -0.2) is 4.68 Å². The molecule has 1 saturated carbocycles. The van der Waals surface area contributed by atoms with E-state index in [0.29, 0.717) is 6.42 Å². The zero-order valence-electron chi connectivity index (χ0n) is 9.42. The molecule has 5 heteroatoms. The van der Waals surface area contributed by atoms with E-state index in [0.717, 1.165) is 37.8 Å². The maximum Gasteiger partial charge on any atom is 0.0828 e. The third-order valence-electron chi connectivity index (χ3n) is 3.18. The zero-order chi connectivity index (χ0) is 11.4. The minimum Gasteiger partial charge on any atom is -0.396 e. The van der Waals surface area contributed by atoms with Gasteiger partial charge >= 0.3 is 0 Å². The zero-order valence-corrected chi connectivity index (χ0v) is 9.42. The molecule has 5 nitrogen and oxygen atoms in total. The molecule has 90 valence electrons. The van der Waals surface area contributed by atoms with Crippen molar-refractivity contribution in [3.05, 3.63) is 11.9 Å². The van der Waals surface area contributed by atoms with Gasteiger partial charge in [0.15, 0.2) is 0 Å². The molecule has 1 aromatic heterocycles. The fraction of sp³-hybridized carbons (Fsp3) is 0.818. The Kier molecular flexibility index (Phi) is 3.90. The molecular weight excluding hydrogens is 206 g/mol. The predicted molar refractivity (Wildman–Crippen MR) is 58.9 cm³/mol. The van der Waals surface area contributed by atoms with Gasteiger partial charge in [0.25, 0.3) is 0 Å². The molecular formula is C11H19N3O2. The SMILES string of the molecule is OCCCc1cn(C2CCCCC2O)nn1. The van der Waals surface area contributed by atoms with Crippen LogP contribution in [-0.4, -0.2) is 37.9 Å². The molecule has 1 aliphatic carbocycles. The molecule has 16 heavy (non-hydrogen) atoms. The number of hydrogen-bond donors (Lipinski definition) is 2. The van der Waals surface area contributed by atoms with Gasteiger partial charge in [0.1, 0.15) is 0 Å². The summed E-state index contributed by atoms with van der Waals surface area (Å²) >= 11 is 0. The molecule has 1 aliphatic rings. The lowest BCUT2D eigenvalue weighted by Gasteiger charge is -2.27. The first-order chi connectivity index (χ1) is 7.81. The summed E-state index contributed by atoms with van der Waals surface area (Å²) in [5, 5.41) is 26.7. The van der Waals surface area contributed by atoms with Gasteiger partial charge in [0.05, 0.1) is 17.8 Å². The van der Waals surface area contributed by atoms with Crippen LogP contribution in [0.4, 0.5) is 0 Å². The molecule has 2 atom stereocenters. The summed E-state index contributed by atoms with van der Waals surface area (Å²) in [6.07, 6.45) is 7.15. The molecule has 0 aliphatic heterocycles. The van der Waals surface area contributed by atoms with Crippen molar-refractivity contribution in [2.45, 2.75) is 50.7 Å². The van der Waals surface area contributed by atoms with Crippen molar-refractivity contribution in [1.29, 1.82) is 0 Å². The van der Waals surface area contributed by atoms with Crippen LogP contribution in [-0.2, 0) is 6.42 Å². The van der Waals surface area contributed by atoms with Crippen LogP contribution >= 0.6 is 0 Å². The Morgan fingerprint density at radius 2 is 2.19 bits per heavy atom. The van der Waals surface area contributed by atoms with E-state index in [1.807, 2.05) is 6.20 Å². The van der Waals surface area contributed by atoms with Crippen molar-refractivity contribution in [2.24, 2.45) is 0 Å². The van der Waals surface area contributed by atoms with E-state index < -0.39 is 0 Å². The van der Waals surface area contributed by atoms with Crippen molar-refractivity contribution in [3.63, 3.8) is 0 Å². The van der Waals surface area contributed by atoms with E-state index in [1.54, 1.807) is 4.68 Å². The number of nitrogens with zero attached hydrogens (tertiary/aromatic N) is 3. The Morgan fingerprint density at radius 1 is 1.38 bits per heavy atom. The van der Waals surface area contributed by atoms with Crippen molar-refractivity contribution >= 4 is 0 Å². The molecule has 0 spiro atoms. The van der Waals surface area contributed by atoms with E-state index in [4.69, 9.17) is 5.11 Å². The lowest BCUT2D eigenvalue weighted by molar-refractivity contribution is 0.0685. The fourth-order valence-electron chi connectivity index (χ4n) is 2.25. The molecule has 2 unspecified atom stereocenters. The highest BCUT2D eigenvalue weighted by Gasteiger charge is 2.25. The summed E-state index contributed by atoms with van der Waals surface area (Å²) in [6, 6.07) is 0.0872. The maximum atomic E-state index is 9.88. The van der Waals surface area contributed by atoms with Gasteiger partial charge in [-0.1, -0.05) is 18.1 Å². The number of hydrogen-bond acceptors (Lipinski definition) is 4. The second kappa shape index (κ2) is 5.41. The van der Waals surface area contributed by atoms with E-state index >= 15 is 0 Å². The Labute approximate surface area is 95.1 Å². The summed E-state index contributed by atoms with van der Waals surface area (Å²) in [6.45, 7) is 0.179. The van der Waals surface area contributed by atoms with Crippen LogP contribution < -0.4 is 0 Å². The molecule has 1 heterocycles. The lowest BCUT2D eigenvalue weighted by atomic mass is 9.93. The second-order valence-electron chi connectivity index (χ2n) is 4.44. The average molecular weight is 225 g/mol. The summed E-state index contributed by atoms with van der Waals surface area (Å²) in [7, 11) is 0. The van der Waals surface area contributed by atoms with Gasteiger partial charge in [-0.15, -0.1) is 5.10 Å². The Balaban J connectivity index is 1.99. The Morgan fingerprint density at radius 3 is 2.94 bits per heavy atom. The van der Waals surface area contributed by atoms with Crippen molar-refractivity contribution in [3.8, 4) is 0 Å². The van der Waals surface area contributed by atoms with Crippen molar-refractivity contribution in [1.82, 2.24) is 15.0 Å². The van der Waals surface area contributed by atoms with Gasteiger partial charge in [-0.05, 0) is 25.7 Å². The third kappa shape index (κ3) is 2.59. The van der Waals surface area contributed by atoms with Gasteiger partial charge in [-0.2, -0.15) is 0 Å². The van der Waals surface area contributed by atoms with Gasteiger partial charge in [0, 0.05) is 12.8 Å². The van der Waals surface area contributed by atoms with Crippen LogP contribution in [0.1, 0.15) is 43.8 Å². The first-order valence-electron chi connectivity index (χ1n) is 6.01. The number of aryl methyl sites for hydroxylation is 1. The summed E-state index contributed by atoms with van der Waals surface area (Å²) in [5.74, 6) is 0. The minimum absolute atomic E-state index is 0.0872. The van der Waals surface area contributed by atoms with Crippen LogP contribution in [0.2, 0.25) is 0 Å². The molecule has 0 saturated heterocycles. The number of rotatable bonds is 4. The quantitative estimate of drug-likeness (QED) is 0.790. The lowest BCUT2D eigenvalue weighted by Crippen LogP contribution is -2.27. The number of aliphatic hydroxyl groups is 2. The fourth-order valence-corrected chi connectivity index (χ4v) is 2.25. The molecule has 0 radical (unpaired) electrons. The van der Waals surface area contributed by atoms with Gasteiger partial charge in [0.2, 0.25) is 0 Å². The van der Waals surface area contributed by atoms with Crippen LogP contribution in [0.25, 0.3) is 0 Å². The molecule has 2 N–H and O–H groups in total. The van der Waals surface area contributed by atoms with Gasteiger partial charge < -0.3 is 10.2 Å². The second-order valence-corrected chi connectivity index (χ2v) is 4.44. The average Bonchev–Trinajstić information content (AvgIpc) is 2.75. The maximum absolute atomic E-state index is 9.88. The summed E-state index contributed by atoms with van der Waals surface area (Å²) in [5.41, 5.74) is 0.895. The van der Waals surface area contributed by atoms with Crippen LogP contribution in [0, 0.1) is 0 Å². The highest BCUT2D eigenvalue weighted by molar-refractivity contribution is 4.95. The molecule has 0 bridgehead atoms. The van der Waals surface area contributed by atoms with Crippen molar-refractivity contribution < 1.29 is 10.2 Å². The minimum atomic E-state index is -0.291. The Bertz CT molecular complexity index is 327. The van der Waals surface area contributed by atoms with Crippen LogP contribution in [0.15, 0.2) is 6.20 Å². The topological polar surface area (TPSA) is 71.2 Å². The van der Waals surface area contributed by atoms with Gasteiger partial charge in [-0.3, -0.25) is 0 Å². The smallest absolute Gasteiger partial charge is 0.0828 e.